The Kier molecular flexibility index (Phi) is 6.22. The van der Waals surface area contributed by atoms with Crippen molar-refractivity contribution in [3.05, 3.63) is 0 Å². The number of amides is 1. The van der Waals surface area contributed by atoms with E-state index in [0.29, 0.717) is 26.1 Å². The summed E-state index contributed by atoms with van der Waals surface area (Å²) in [5.41, 5.74) is 0. The minimum Gasteiger partial charge on any atom is -0.347 e. The fourth-order valence-corrected chi connectivity index (χ4v) is 3.56. The molecule has 1 unspecified atom stereocenters. The molecule has 0 aromatic carbocycles. The summed E-state index contributed by atoms with van der Waals surface area (Å²) in [6.45, 7) is 4.40. The van der Waals surface area contributed by atoms with Gasteiger partial charge in [0.25, 0.3) is 0 Å². The molecule has 1 saturated heterocycles. The third kappa shape index (κ3) is 5.08. The summed E-state index contributed by atoms with van der Waals surface area (Å²) < 4.78 is 23.5. The van der Waals surface area contributed by atoms with Crippen molar-refractivity contribution in [2.75, 3.05) is 51.8 Å². The second kappa shape index (κ2) is 7.21. The van der Waals surface area contributed by atoms with Crippen LogP contribution >= 0.6 is 0 Å². The maximum Gasteiger partial charge on any atom is 0.240 e. The first-order valence-corrected chi connectivity index (χ1v) is 8.56. The SMILES string of the molecule is CCCS(=O)(=O)CCN1CCNCC1C(=O)N(C)C. The van der Waals surface area contributed by atoms with E-state index in [9.17, 15) is 13.2 Å². The molecule has 0 aliphatic carbocycles. The highest BCUT2D eigenvalue weighted by Crippen LogP contribution is 2.07. The average molecular weight is 291 g/mol. The van der Waals surface area contributed by atoms with Crippen LogP contribution in [-0.4, -0.2) is 81.9 Å². The third-order valence-electron chi connectivity index (χ3n) is 3.28. The van der Waals surface area contributed by atoms with Gasteiger partial charge in [-0.25, -0.2) is 8.42 Å². The Morgan fingerprint density at radius 1 is 1.37 bits per heavy atom. The number of likely N-dealkylation sites (N-methyl/N-ethyl adjacent to an activating group) is 1. The smallest absolute Gasteiger partial charge is 0.240 e. The molecule has 1 rings (SSSR count). The van der Waals surface area contributed by atoms with E-state index in [0.717, 1.165) is 6.54 Å². The number of carbonyl (C=O) groups excluding carboxylic acids is 1. The van der Waals surface area contributed by atoms with Crippen LogP contribution in [0.15, 0.2) is 0 Å². The molecule has 1 atom stereocenters. The lowest BCUT2D eigenvalue weighted by molar-refractivity contribution is -0.134. The van der Waals surface area contributed by atoms with Crippen molar-refractivity contribution >= 4 is 15.7 Å². The molecular formula is C12H25N3O3S. The van der Waals surface area contributed by atoms with Crippen LogP contribution in [0.4, 0.5) is 0 Å². The number of hydrogen-bond donors (Lipinski definition) is 1. The van der Waals surface area contributed by atoms with Gasteiger partial charge in [-0.15, -0.1) is 0 Å². The van der Waals surface area contributed by atoms with Crippen LogP contribution in [0.2, 0.25) is 0 Å². The Labute approximate surface area is 116 Å². The first kappa shape index (κ1) is 16.4. The molecule has 1 heterocycles. The Morgan fingerprint density at radius 3 is 2.63 bits per heavy atom. The average Bonchev–Trinajstić information content (AvgIpc) is 2.36. The first-order valence-electron chi connectivity index (χ1n) is 6.73. The van der Waals surface area contributed by atoms with Gasteiger partial charge in [0, 0.05) is 46.0 Å². The van der Waals surface area contributed by atoms with E-state index in [2.05, 4.69) is 5.32 Å². The number of nitrogens with zero attached hydrogens (tertiary/aromatic N) is 2. The van der Waals surface area contributed by atoms with Crippen molar-refractivity contribution in [2.45, 2.75) is 19.4 Å². The number of hydrogen-bond acceptors (Lipinski definition) is 5. The second-order valence-electron chi connectivity index (χ2n) is 5.14. The van der Waals surface area contributed by atoms with Gasteiger partial charge in [-0.1, -0.05) is 6.92 Å². The predicted octanol–water partition coefficient (Wildman–Crippen LogP) is -0.827. The second-order valence-corrected chi connectivity index (χ2v) is 7.44. The van der Waals surface area contributed by atoms with Crippen LogP contribution in [0.3, 0.4) is 0 Å². The van der Waals surface area contributed by atoms with Gasteiger partial charge in [0.1, 0.15) is 6.04 Å². The van der Waals surface area contributed by atoms with Crippen LogP contribution < -0.4 is 5.32 Å². The maximum absolute atomic E-state index is 12.1. The summed E-state index contributed by atoms with van der Waals surface area (Å²) >= 11 is 0. The number of sulfone groups is 1. The highest BCUT2D eigenvalue weighted by Gasteiger charge is 2.30. The van der Waals surface area contributed by atoms with E-state index < -0.39 is 9.84 Å². The molecule has 0 aromatic rings. The predicted molar refractivity (Wildman–Crippen MR) is 75.9 cm³/mol. The molecule has 1 N–H and O–H groups in total. The Morgan fingerprint density at radius 2 is 2.05 bits per heavy atom. The largest absolute Gasteiger partial charge is 0.347 e. The minimum absolute atomic E-state index is 0.0279. The van der Waals surface area contributed by atoms with E-state index in [-0.39, 0.29) is 23.5 Å². The highest BCUT2D eigenvalue weighted by molar-refractivity contribution is 7.91. The number of rotatable bonds is 6. The first-order chi connectivity index (χ1) is 8.87. The van der Waals surface area contributed by atoms with E-state index in [1.54, 1.807) is 19.0 Å². The van der Waals surface area contributed by atoms with Crippen LogP contribution in [-0.2, 0) is 14.6 Å². The van der Waals surface area contributed by atoms with E-state index in [1.165, 1.54) is 0 Å². The molecule has 7 heteroatoms. The van der Waals surface area contributed by atoms with Gasteiger partial charge >= 0.3 is 0 Å². The van der Waals surface area contributed by atoms with E-state index in [1.807, 2.05) is 11.8 Å². The van der Waals surface area contributed by atoms with Gasteiger partial charge in [-0.2, -0.15) is 0 Å². The Balaban J connectivity index is 2.61. The molecular weight excluding hydrogens is 266 g/mol. The Hall–Kier alpha value is -0.660. The molecule has 112 valence electrons. The molecule has 0 radical (unpaired) electrons. The molecule has 0 aromatic heterocycles. The van der Waals surface area contributed by atoms with Crippen molar-refractivity contribution in [3.8, 4) is 0 Å². The van der Waals surface area contributed by atoms with Gasteiger partial charge < -0.3 is 10.2 Å². The molecule has 0 bridgehead atoms. The van der Waals surface area contributed by atoms with Crippen molar-refractivity contribution < 1.29 is 13.2 Å². The molecule has 1 aliphatic rings. The minimum atomic E-state index is -2.99. The van der Waals surface area contributed by atoms with Gasteiger partial charge in [0.15, 0.2) is 9.84 Å². The normalized spacial score (nSPS) is 21.3. The van der Waals surface area contributed by atoms with Gasteiger partial charge in [-0.05, 0) is 6.42 Å². The van der Waals surface area contributed by atoms with E-state index >= 15 is 0 Å². The van der Waals surface area contributed by atoms with E-state index in [4.69, 9.17) is 0 Å². The molecule has 19 heavy (non-hydrogen) atoms. The van der Waals surface area contributed by atoms with Crippen molar-refractivity contribution in [1.82, 2.24) is 15.1 Å². The zero-order chi connectivity index (χ0) is 14.5. The van der Waals surface area contributed by atoms with Gasteiger partial charge in [-0.3, -0.25) is 9.69 Å². The van der Waals surface area contributed by atoms with Crippen LogP contribution in [0.1, 0.15) is 13.3 Å². The summed E-state index contributed by atoms with van der Waals surface area (Å²) in [7, 11) is 0.463. The molecule has 6 nitrogen and oxygen atoms in total. The van der Waals surface area contributed by atoms with Crippen LogP contribution in [0.25, 0.3) is 0 Å². The number of nitrogens with one attached hydrogen (secondary N) is 1. The van der Waals surface area contributed by atoms with Crippen LogP contribution in [0.5, 0.6) is 0 Å². The topological polar surface area (TPSA) is 69.7 Å². The van der Waals surface area contributed by atoms with Crippen LogP contribution in [0, 0.1) is 0 Å². The molecule has 1 amide bonds. The Bertz CT molecular complexity index is 395. The summed E-state index contributed by atoms with van der Waals surface area (Å²) in [5, 5.41) is 3.18. The van der Waals surface area contributed by atoms with Gasteiger partial charge in [0.05, 0.1) is 5.75 Å². The lowest BCUT2D eigenvalue weighted by Gasteiger charge is -2.36. The fraction of sp³-hybridized carbons (Fsp3) is 0.917. The van der Waals surface area contributed by atoms with Crippen molar-refractivity contribution in [1.29, 1.82) is 0 Å². The molecule has 1 aliphatic heterocycles. The zero-order valence-electron chi connectivity index (χ0n) is 12.1. The third-order valence-corrected chi connectivity index (χ3v) is 5.12. The summed E-state index contributed by atoms with van der Waals surface area (Å²) in [4.78, 5) is 15.6. The molecule has 0 spiro atoms. The standard InChI is InChI=1S/C12H25N3O3S/c1-4-8-19(17,18)9-7-15-6-5-13-10-11(15)12(16)14(2)3/h11,13H,4-10H2,1-3H3. The zero-order valence-corrected chi connectivity index (χ0v) is 12.9. The highest BCUT2D eigenvalue weighted by atomic mass is 32.2. The summed E-state index contributed by atoms with van der Waals surface area (Å²) in [6, 6.07) is -0.249. The fourth-order valence-electron chi connectivity index (χ4n) is 2.22. The summed E-state index contributed by atoms with van der Waals surface area (Å²) in [6.07, 6.45) is 0.643. The summed E-state index contributed by atoms with van der Waals surface area (Å²) in [5.74, 6) is 0.392. The van der Waals surface area contributed by atoms with Crippen molar-refractivity contribution in [3.63, 3.8) is 0 Å². The molecule has 0 saturated carbocycles. The van der Waals surface area contributed by atoms with Crippen molar-refractivity contribution in [2.24, 2.45) is 0 Å². The maximum atomic E-state index is 12.1. The van der Waals surface area contributed by atoms with Gasteiger partial charge in [0.2, 0.25) is 5.91 Å². The monoisotopic (exact) mass is 291 g/mol. The quantitative estimate of drug-likeness (QED) is 0.692. The lowest BCUT2D eigenvalue weighted by Crippen LogP contribution is -2.58. The lowest BCUT2D eigenvalue weighted by atomic mass is 10.1. The number of carbonyl (C=O) groups is 1. The number of piperazine rings is 1. The molecule has 1 fully saturated rings.